The molecule has 0 aromatic heterocycles. The lowest BCUT2D eigenvalue weighted by atomic mass is 9.79. The number of carbonyl (C=O) groups excluding carboxylic acids is 2. The molecule has 0 bridgehead atoms. The molecule has 2 atom stereocenters. The van der Waals surface area contributed by atoms with Gasteiger partial charge in [0.1, 0.15) is 6.61 Å². The molecule has 0 spiro atoms. The Morgan fingerprint density at radius 1 is 1.03 bits per heavy atom. The van der Waals surface area contributed by atoms with Gasteiger partial charge >= 0.3 is 11.9 Å². The molecule has 5 nitrogen and oxygen atoms in total. The van der Waals surface area contributed by atoms with Crippen molar-refractivity contribution in [2.24, 2.45) is 0 Å². The van der Waals surface area contributed by atoms with Crippen molar-refractivity contribution in [1.29, 1.82) is 0 Å². The lowest BCUT2D eigenvalue weighted by Crippen LogP contribution is -2.61. The first-order valence-corrected chi connectivity index (χ1v) is 13.5. The van der Waals surface area contributed by atoms with Crippen molar-refractivity contribution in [3.63, 3.8) is 0 Å². The number of rotatable bonds is 6. The van der Waals surface area contributed by atoms with E-state index in [1.807, 2.05) is 60.7 Å². The van der Waals surface area contributed by atoms with E-state index < -0.39 is 31.5 Å². The van der Waals surface area contributed by atoms with E-state index in [0.29, 0.717) is 5.56 Å². The molecule has 0 radical (unpaired) electrons. The summed E-state index contributed by atoms with van der Waals surface area (Å²) in [6, 6.07) is 18.8. The second-order valence-corrected chi connectivity index (χ2v) is 14.5. The summed E-state index contributed by atoms with van der Waals surface area (Å²) in [4.78, 5) is 26.4. The topological polar surface area (TPSA) is 61.8 Å². The first-order chi connectivity index (χ1) is 14.4. The normalized spacial score (nSPS) is 24.0. The summed E-state index contributed by atoms with van der Waals surface area (Å²) in [5.41, 5.74) is -1.29. The zero-order valence-electron chi connectivity index (χ0n) is 19.2. The minimum atomic E-state index is -2.50. The highest BCUT2D eigenvalue weighted by Crippen LogP contribution is 2.52. The maximum atomic E-state index is 13.7. The van der Waals surface area contributed by atoms with Crippen LogP contribution in [0, 0.1) is 0 Å². The molecule has 0 aliphatic carbocycles. The number of benzene rings is 2. The minimum Gasteiger partial charge on any atom is -0.459 e. The quantitative estimate of drug-likeness (QED) is 0.447. The van der Waals surface area contributed by atoms with Crippen molar-refractivity contribution in [2.75, 3.05) is 0 Å². The van der Waals surface area contributed by atoms with Crippen molar-refractivity contribution >= 4 is 20.3 Å². The molecule has 0 N–H and O–H groups in total. The molecule has 3 rings (SSSR count). The molecule has 0 amide bonds. The third-order valence-corrected chi connectivity index (χ3v) is 11.1. The van der Waals surface area contributed by atoms with E-state index in [0.717, 1.165) is 5.56 Å². The Balaban J connectivity index is 2.07. The second-order valence-electron chi connectivity index (χ2n) is 9.80. The molecular formula is C25H32O5Si. The predicted molar refractivity (Wildman–Crippen MR) is 122 cm³/mol. The van der Waals surface area contributed by atoms with Crippen LogP contribution in [0.1, 0.15) is 45.2 Å². The van der Waals surface area contributed by atoms with Gasteiger partial charge in [-0.1, -0.05) is 81.4 Å². The molecule has 6 heteroatoms. The van der Waals surface area contributed by atoms with E-state index in [4.69, 9.17) is 13.9 Å². The van der Waals surface area contributed by atoms with Crippen LogP contribution in [0.4, 0.5) is 0 Å². The average molecular weight is 441 g/mol. The highest BCUT2D eigenvalue weighted by molar-refractivity contribution is 6.74. The van der Waals surface area contributed by atoms with E-state index in [2.05, 4.69) is 33.9 Å². The molecule has 2 aromatic carbocycles. The number of carbonyl (C=O) groups is 2. The van der Waals surface area contributed by atoms with Gasteiger partial charge in [-0.05, 0) is 36.2 Å². The van der Waals surface area contributed by atoms with E-state index in [-0.39, 0.29) is 18.1 Å². The Bertz CT molecular complexity index is 935. The first kappa shape index (κ1) is 23.2. The van der Waals surface area contributed by atoms with E-state index in [1.165, 1.54) is 0 Å². The number of hydrogen-bond donors (Lipinski definition) is 0. The molecular weight excluding hydrogens is 408 g/mol. The second kappa shape index (κ2) is 8.24. The van der Waals surface area contributed by atoms with Crippen LogP contribution in [-0.4, -0.2) is 25.9 Å². The minimum absolute atomic E-state index is 0.0986. The van der Waals surface area contributed by atoms with Crippen LogP contribution in [0.5, 0.6) is 0 Å². The van der Waals surface area contributed by atoms with Crippen molar-refractivity contribution in [1.82, 2.24) is 0 Å². The summed E-state index contributed by atoms with van der Waals surface area (Å²) in [5.74, 6) is -1.04. The van der Waals surface area contributed by atoms with Gasteiger partial charge in [0.25, 0.3) is 0 Å². The molecule has 1 saturated heterocycles. The van der Waals surface area contributed by atoms with Gasteiger partial charge in [0, 0.05) is 0 Å². The highest BCUT2D eigenvalue weighted by Gasteiger charge is 2.68. The lowest BCUT2D eigenvalue weighted by Gasteiger charge is -2.47. The maximum absolute atomic E-state index is 13.7. The lowest BCUT2D eigenvalue weighted by molar-refractivity contribution is -0.184. The van der Waals surface area contributed by atoms with Crippen LogP contribution in [0.2, 0.25) is 18.1 Å². The summed E-state index contributed by atoms with van der Waals surface area (Å²) in [5, 5.41) is -0.178. The maximum Gasteiger partial charge on any atom is 0.342 e. The van der Waals surface area contributed by atoms with Crippen LogP contribution >= 0.6 is 0 Å². The highest BCUT2D eigenvalue weighted by atomic mass is 28.4. The Hall–Kier alpha value is -2.44. The average Bonchev–Trinajstić information content (AvgIpc) is 2.97. The van der Waals surface area contributed by atoms with Gasteiger partial charge < -0.3 is 13.9 Å². The summed E-state index contributed by atoms with van der Waals surface area (Å²) < 4.78 is 18.4. The largest absolute Gasteiger partial charge is 0.459 e. The molecule has 1 heterocycles. The SMILES string of the molecule is CC1(c2ccccc2)OC(=O)CC1(O[Si](C)(C)C(C)(C)C)C(=O)OCc1ccccc1. The van der Waals surface area contributed by atoms with Gasteiger partial charge in [-0.2, -0.15) is 0 Å². The molecule has 1 aliphatic rings. The molecule has 166 valence electrons. The van der Waals surface area contributed by atoms with Gasteiger partial charge in [0.05, 0.1) is 6.42 Å². The zero-order valence-corrected chi connectivity index (χ0v) is 20.2. The van der Waals surface area contributed by atoms with Gasteiger partial charge in [0.15, 0.2) is 13.9 Å². The van der Waals surface area contributed by atoms with Crippen molar-refractivity contribution in [3.8, 4) is 0 Å². The Labute approximate surface area is 185 Å². The predicted octanol–water partition coefficient (Wildman–Crippen LogP) is 5.35. The van der Waals surface area contributed by atoms with Gasteiger partial charge in [-0.25, -0.2) is 4.79 Å². The Morgan fingerprint density at radius 2 is 1.58 bits per heavy atom. The van der Waals surface area contributed by atoms with E-state index in [9.17, 15) is 9.59 Å². The van der Waals surface area contributed by atoms with Crippen LogP contribution in [-0.2, 0) is 35.7 Å². The van der Waals surface area contributed by atoms with Gasteiger partial charge in [-0.3, -0.25) is 4.79 Å². The summed E-state index contributed by atoms with van der Waals surface area (Å²) in [6.07, 6.45) is -0.182. The Morgan fingerprint density at radius 3 is 2.13 bits per heavy atom. The molecule has 31 heavy (non-hydrogen) atoms. The zero-order chi connectivity index (χ0) is 22.9. The molecule has 2 unspecified atom stereocenters. The van der Waals surface area contributed by atoms with Crippen LogP contribution in [0.3, 0.4) is 0 Å². The fraction of sp³-hybridized carbons (Fsp3) is 0.440. The Kier molecular flexibility index (Phi) is 6.18. The number of cyclic esters (lactones) is 1. The van der Waals surface area contributed by atoms with Gasteiger partial charge in [0.2, 0.25) is 5.60 Å². The van der Waals surface area contributed by atoms with Crippen molar-refractivity contribution in [2.45, 2.75) is 70.1 Å². The van der Waals surface area contributed by atoms with Crippen LogP contribution < -0.4 is 0 Å². The summed E-state index contributed by atoms with van der Waals surface area (Å²) >= 11 is 0. The van der Waals surface area contributed by atoms with Crippen LogP contribution in [0.25, 0.3) is 0 Å². The molecule has 1 fully saturated rings. The third kappa shape index (κ3) is 4.32. The van der Waals surface area contributed by atoms with E-state index >= 15 is 0 Å². The van der Waals surface area contributed by atoms with Crippen LogP contribution in [0.15, 0.2) is 60.7 Å². The fourth-order valence-electron chi connectivity index (χ4n) is 3.64. The molecule has 1 aliphatic heterocycles. The fourth-order valence-corrected chi connectivity index (χ4v) is 5.16. The smallest absolute Gasteiger partial charge is 0.342 e. The summed E-state index contributed by atoms with van der Waals surface area (Å²) in [6.45, 7) is 12.3. The number of hydrogen-bond acceptors (Lipinski definition) is 5. The monoisotopic (exact) mass is 440 g/mol. The van der Waals surface area contributed by atoms with E-state index in [1.54, 1.807) is 6.92 Å². The van der Waals surface area contributed by atoms with Crippen molar-refractivity contribution < 1.29 is 23.5 Å². The standard InChI is InChI=1S/C25H32O5Si/c1-23(2,3)31(5,6)30-25(22(27)28-18-19-13-9-7-10-14-19)17-21(26)29-24(25,4)20-15-11-8-12-16-20/h7-16H,17-18H2,1-6H3. The first-order valence-electron chi connectivity index (χ1n) is 10.6. The third-order valence-electron chi connectivity index (χ3n) is 6.58. The van der Waals surface area contributed by atoms with Crippen molar-refractivity contribution in [3.05, 3.63) is 71.8 Å². The number of esters is 2. The molecule has 2 aromatic rings. The summed E-state index contributed by atoms with van der Waals surface area (Å²) in [7, 11) is -2.50. The van der Waals surface area contributed by atoms with Gasteiger partial charge in [-0.15, -0.1) is 0 Å². The number of ether oxygens (including phenoxy) is 2. The molecule has 0 saturated carbocycles.